The van der Waals surface area contributed by atoms with Gasteiger partial charge in [-0.1, -0.05) is 18.2 Å². The molecule has 0 saturated heterocycles. The minimum absolute atomic E-state index is 0.0255. The summed E-state index contributed by atoms with van der Waals surface area (Å²) in [6.45, 7) is 1.58. The molecule has 168 valence electrons. The quantitative estimate of drug-likeness (QED) is 0.545. The Morgan fingerprint density at radius 1 is 0.938 bits per heavy atom. The fraction of sp³-hybridized carbons (Fsp3) is 0.136. The molecule has 1 amide bonds. The molecule has 0 radical (unpaired) electrons. The minimum atomic E-state index is -4.30. The summed E-state index contributed by atoms with van der Waals surface area (Å²) in [7, 11) is -1.74. The van der Waals surface area contributed by atoms with Crippen molar-refractivity contribution in [2.24, 2.45) is 0 Å². The number of hydrogen-bond acceptors (Lipinski definition) is 5. The van der Waals surface area contributed by atoms with Crippen LogP contribution < -0.4 is 19.5 Å². The molecule has 3 aromatic carbocycles. The number of methoxy groups -OCH3 is 2. The van der Waals surface area contributed by atoms with Crippen molar-refractivity contribution in [3.63, 3.8) is 0 Å². The Kier molecular flexibility index (Phi) is 6.64. The molecular weight excluding hydrogens is 442 g/mol. The van der Waals surface area contributed by atoms with Crippen LogP contribution in [0.5, 0.6) is 11.5 Å². The van der Waals surface area contributed by atoms with Gasteiger partial charge in [0.05, 0.1) is 30.4 Å². The van der Waals surface area contributed by atoms with E-state index in [9.17, 15) is 22.0 Å². The van der Waals surface area contributed by atoms with Gasteiger partial charge in [0.25, 0.3) is 15.9 Å². The third kappa shape index (κ3) is 4.80. The summed E-state index contributed by atoms with van der Waals surface area (Å²) in [6.07, 6.45) is 0. The number of halogens is 2. The van der Waals surface area contributed by atoms with Crippen LogP contribution in [0.2, 0.25) is 0 Å². The van der Waals surface area contributed by atoms with Crippen LogP contribution in [0, 0.1) is 18.6 Å². The topological polar surface area (TPSA) is 93.7 Å². The first-order valence-corrected chi connectivity index (χ1v) is 10.8. The number of aryl methyl sites for hydroxylation is 1. The summed E-state index contributed by atoms with van der Waals surface area (Å²) in [6, 6.07) is 11.6. The van der Waals surface area contributed by atoms with E-state index < -0.39 is 27.6 Å². The van der Waals surface area contributed by atoms with E-state index in [4.69, 9.17) is 9.47 Å². The molecule has 0 aliphatic heterocycles. The average Bonchev–Trinajstić information content (AvgIpc) is 2.76. The molecule has 0 aliphatic carbocycles. The number of nitrogens with one attached hydrogen (secondary N) is 2. The molecule has 0 aliphatic rings. The van der Waals surface area contributed by atoms with E-state index in [-0.39, 0.29) is 33.3 Å². The number of hydrogen-bond donors (Lipinski definition) is 2. The van der Waals surface area contributed by atoms with Crippen LogP contribution in [-0.2, 0) is 10.0 Å². The van der Waals surface area contributed by atoms with E-state index in [2.05, 4.69) is 10.0 Å². The van der Waals surface area contributed by atoms with E-state index in [1.807, 2.05) is 0 Å². The van der Waals surface area contributed by atoms with Crippen LogP contribution >= 0.6 is 0 Å². The highest BCUT2D eigenvalue weighted by atomic mass is 32.2. The number of carbonyl (C=O) groups excluding carboxylic acids is 1. The Morgan fingerprint density at radius 3 is 2.28 bits per heavy atom. The molecule has 0 atom stereocenters. The number of amides is 1. The molecule has 3 rings (SSSR count). The van der Waals surface area contributed by atoms with Crippen LogP contribution in [0.4, 0.5) is 20.2 Å². The van der Waals surface area contributed by atoms with Crippen LogP contribution in [-0.4, -0.2) is 28.5 Å². The van der Waals surface area contributed by atoms with Gasteiger partial charge in [0.1, 0.15) is 11.6 Å². The van der Waals surface area contributed by atoms with Gasteiger partial charge in [-0.05, 0) is 42.8 Å². The van der Waals surface area contributed by atoms with Crippen molar-refractivity contribution in [2.75, 3.05) is 24.3 Å². The molecule has 0 heterocycles. The predicted octanol–water partition coefficient (Wildman–Crippen LogP) is 4.34. The number of sulfonamides is 1. The van der Waals surface area contributed by atoms with Crippen molar-refractivity contribution in [1.82, 2.24) is 0 Å². The number of anilines is 2. The summed E-state index contributed by atoms with van der Waals surface area (Å²) >= 11 is 0. The van der Waals surface area contributed by atoms with Crippen LogP contribution in [0.3, 0.4) is 0 Å². The summed E-state index contributed by atoms with van der Waals surface area (Å²) in [4.78, 5) is 12.5. The van der Waals surface area contributed by atoms with Crippen molar-refractivity contribution in [3.8, 4) is 11.5 Å². The normalized spacial score (nSPS) is 11.0. The standard InChI is InChI=1S/C22H20F2N2O5S/c1-13-8-9-14(10-18(13)24)25-22(27)16-11-15(12-20(30-2)21(16)31-3)32(28,29)26-19-7-5-4-6-17(19)23/h4-12,26H,1-3H3,(H,25,27). The van der Waals surface area contributed by atoms with E-state index in [1.54, 1.807) is 6.92 Å². The van der Waals surface area contributed by atoms with Gasteiger partial charge in [0.15, 0.2) is 11.5 Å². The van der Waals surface area contributed by atoms with E-state index in [0.717, 1.165) is 24.3 Å². The number of benzene rings is 3. The van der Waals surface area contributed by atoms with Crippen molar-refractivity contribution >= 4 is 27.3 Å². The molecule has 0 bridgehead atoms. The number of rotatable bonds is 7. The van der Waals surface area contributed by atoms with Gasteiger partial charge < -0.3 is 14.8 Å². The molecular formula is C22H20F2N2O5S. The predicted molar refractivity (Wildman–Crippen MR) is 116 cm³/mol. The monoisotopic (exact) mass is 462 g/mol. The minimum Gasteiger partial charge on any atom is -0.493 e. The lowest BCUT2D eigenvalue weighted by Gasteiger charge is -2.16. The maximum Gasteiger partial charge on any atom is 0.262 e. The van der Waals surface area contributed by atoms with Gasteiger partial charge in [-0.2, -0.15) is 0 Å². The Balaban J connectivity index is 2.04. The maximum absolute atomic E-state index is 13.9. The first kappa shape index (κ1) is 23.0. The molecule has 0 spiro atoms. The smallest absolute Gasteiger partial charge is 0.262 e. The van der Waals surface area contributed by atoms with E-state index in [1.165, 1.54) is 44.6 Å². The lowest BCUT2D eigenvalue weighted by Crippen LogP contribution is -2.18. The van der Waals surface area contributed by atoms with Crippen molar-refractivity contribution in [2.45, 2.75) is 11.8 Å². The molecule has 0 aromatic heterocycles. The second kappa shape index (κ2) is 9.23. The zero-order chi connectivity index (χ0) is 23.5. The highest BCUT2D eigenvalue weighted by Gasteiger charge is 2.25. The van der Waals surface area contributed by atoms with Crippen LogP contribution in [0.15, 0.2) is 59.5 Å². The first-order chi connectivity index (χ1) is 15.2. The number of ether oxygens (including phenoxy) is 2. The third-order valence-corrected chi connectivity index (χ3v) is 5.90. The van der Waals surface area contributed by atoms with Crippen molar-refractivity contribution in [1.29, 1.82) is 0 Å². The Morgan fingerprint density at radius 2 is 1.66 bits per heavy atom. The van der Waals surface area contributed by atoms with Gasteiger partial charge in [-0.15, -0.1) is 0 Å². The van der Waals surface area contributed by atoms with E-state index in [0.29, 0.717) is 5.56 Å². The highest BCUT2D eigenvalue weighted by molar-refractivity contribution is 7.92. The molecule has 0 saturated carbocycles. The largest absolute Gasteiger partial charge is 0.493 e. The van der Waals surface area contributed by atoms with Gasteiger partial charge in [0, 0.05) is 11.8 Å². The maximum atomic E-state index is 13.9. The van der Waals surface area contributed by atoms with Crippen molar-refractivity contribution in [3.05, 3.63) is 77.4 Å². The van der Waals surface area contributed by atoms with Crippen molar-refractivity contribution < 1.29 is 31.5 Å². The van der Waals surface area contributed by atoms with E-state index >= 15 is 0 Å². The molecule has 0 unspecified atom stereocenters. The summed E-state index contributed by atoms with van der Waals surface area (Å²) in [5, 5.41) is 2.50. The van der Waals surface area contributed by atoms with Gasteiger partial charge >= 0.3 is 0 Å². The SMILES string of the molecule is COc1cc(S(=O)(=O)Nc2ccccc2F)cc(C(=O)Nc2ccc(C)c(F)c2)c1OC. The lowest BCUT2D eigenvalue weighted by molar-refractivity contribution is 0.102. The van der Waals surface area contributed by atoms with Crippen LogP contribution in [0.1, 0.15) is 15.9 Å². The average molecular weight is 462 g/mol. The molecule has 10 heteroatoms. The zero-order valence-electron chi connectivity index (χ0n) is 17.4. The molecule has 0 fully saturated rings. The van der Waals surface area contributed by atoms with Gasteiger partial charge in [-0.3, -0.25) is 9.52 Å². The Labute approximate surface area is 184 Å². The fourth-order valence-electron chi connectivity index (χ4n) is 2.88. The zero-order valence-corrected chi connectivity index (χ0v) is 18.2. The number of para-hydroxylation sites is 1. The summed E-state index contributed by atoms with van der Waals surface area (Å²) < 4.78 is 66.1. The molecule has 7 nitrogen and oxygen atoms in total. The Hall–Kier alpha value is -3.66. The summed E-state index contributed by atoms with van der Waals surface area (Å²) in [5.41, 5.74) is 0.122. The highest BCUT2D eigenvalue weighted by Crippen LogP contribution is 2.35. The summed E-state index contributed by atoms with van der Waals surface area (Å²) in [5.74, 6) is -2.11. The third-order valence-electron chi connectivity index (χ3n) is 4.56. The lowest BCUT2D eigenvalue weighted by atomic mass is 10.1. The molecule has 3 aromatic rings. The number of carbonyl (C=O) groups is 1. The fourth-order valence-corrected chi connectivity index (χ4v) is 3.99. The second-order valence-electron chi connectivity index (χ2n) is 6.71. The molecule has 2 N–H and O–H groups in total. The Bertz CT molecular complexity index is 1280. The van der Waals surface area contributed by atoms with Crippen LogP contribution in [0.25, 0.3) is 0 Å². The van der Waals surface area contributed by atoms with Gasteiger partial charge in [-0.25, -0.2) is 17.2 Å². The van der Waals surface area contributed by atoms with Gasteiger partial charge in [0.2, 0.25) is 0 Å². The molecule has 32 heavy (non-hydrogen) atoms. The first-order valence-electron chi connectivity index (χ1n) is 9.27. The second-order valence-corrected chi connectivity index (χ2v) is 8.39.